The normalized spacial score (nSPS) is 19.7. The minimum atomic E-state index is -0.894. The van der Waals surface area contributed by atoms with Crippen LogP contribution in [0.15, 0.2) is 24.3 Å². The van der Waals surface area contributed by atoms with Crippen molar-refractivity contribution in [2.24, 2.45) is 17.3 Å². The Bertz CT molecular complexity index is 565. The zero-order chi connectivity index (χ0) is 17.0. The molecule has 126 valence electrons. The fraction of sp³-hybridized carbons (Fsp3) is 0.556. The minimum absolute atomic E-state index is 0.0161. The van der Waals surface area contributed by atoms with E-state index < -0.39 is 11.9 Å². The number of carbonyl (C=O) groups is 2. The van der Waals surface area contributed by atoms with Crippen molar-refractivity contribution in [2.75, 3.05) is 13.2 Å². The second-order valence-corrected chi connectivity index (χ2v) is 6.81. The number of amides is 1. The number of hydrogen-bond donors (Lipinski definition) is 2. The van der Waals surface area contributed by atoms with Gasteiger partial charge in [-0.3, -0.25) is 9.59 Å². The number of nitrogens with one attached hydrogen (secondary N) is 1. The maximum absolute atomic E-state index is 12.0. The summed E-state index contributed by atoms with van der Waals surface area (Å²) in [6.45, 7) is 6.77. The van der Waals surface area contributed by atoms with E-state index in [2.05, 4.69) is 5.32 Å². The Kier molecular flexibility index (Phi) is 5.29. The van der Waals surface area contributed by atoms with Gasteiger partial charge in [0.15, 0.2) is 0 Å². The van der Waals surface area contributed by atoms with Crippen LogP contribution in [0.1, 0.15) is 32.8 Å². The summed E-state index contributed by atoms with van der Waals surface area (Å²) in [7, 11) is 0. The summed E-state index contributed by atoms with van der Waals surface area (Å²) in [5.41, 5.74) is 0.972. The molecular formula is C18H25NO4. The van der Waals surface area contributed by atoms with Gasteiger partial charge in [-0.15, -0.1) is 0 Å². The number of aliphatic carboxylic acids is 1. The van der Waals surface area contributed by atoms with E-state index in [1.807, 2.05) is 45.0 Å². The molecular weight excluding hydrogens is 294 g/mol. The van der Waals surface area contributed by atoms with Crippen LogP contribution in [0.2, 0.25) is 0 Å². The minimum Gasteiger partial charge on any atom is -0.494 e. The highest BCUT2D eigenvalue weighted by atomic mass is 16.5. The summed E-state index contributed by atoms with van der Waals surface area (Å²) < 4.78 is 5.37. The van der Waals surface area contributed by atoms with Crippen molar-refractivity contribution < 1.29 is 19.4 Å². The average Bonchev–Trinajstić information content (AvgIpc) is 3.14. The largest absolute Gasteiger partial charge is 0.494 e. The van der Waals surface area contributed by atoms with Crippen molar-refractivity contribution >= 4 is 11.9 Å². The second-order valence-electron chi connectivity index (χ2n) is 6.81. The van der Waals surface area contributed by atoms with Crippen LogP contribution in [0.4, 0.5) is 0 Å². The van der Waals surface area contributed by atoms with Gasteiger partial charge >= 0.3 is 5.97 Å². The number of ether oxygens (including phenoxy) is 1. The van der Waals surface area contributed by atoms with Crippen LogP contribution in [-0.4, -0.2) is 30.1 Å². The summed E-state index contributed by atoms with van der Waals surface area (Å²) in [4.78, 5) is 23.4. The fourth-order valence-electron chi connectivity index (χ4n) is 2.68. The van der Waals surface area contributed by atoms with Crippen molar-refractivity contribution in [3.63, 3.8) is 0 Å². The Balaban J connectivity index is 1.88. The smallest absolute Gasteiger partial charge is 0.308 e. The van der Waals surface area contributed by atoms with Crippen molar-refractivity contribution in [1.82, 2.24) is 5.32 Å². The number of benzene rings is 1. The molecule has 1 aliphatic rings. The number of carboxylic acid groups (broad SMARTS) is 1. The average molecular weight is 319 g/mol. The zero-order valence-electron chi connectivity index (χ0n) is 14.0. The molecule has 0 spiro atoms. The molecule has 23 heavy (non-hydrogen) atoms. The molecule has 1 fully saturated rings. The Morgan fingerprint density at radius 3 is 2.43 bits per heavy atom. The lowest BCUT2D eigenvalue weighted by molar-refractivity contribution is -0.141. The molecule has 0 saturated heterocycles. The summed E-state index contributed by atoms with van der Waals surface area (Å²) in [6, 6.07) is 7.41. The molecule has 5 heteroatoms. The SMILES string of the molecule is CCOc1ccc(CC(CNC(=O)[C@H]2CC2(C)C)C(=O)O)cc1. The Hall–Kier alpha value is -2.04. The lowest BCUT2D eigenvalue weighted by Crippen LogP contribution is -2.35. The van der Waals surface area contributed by atoms with Gasteiger partial charge in [0.2, 0.25) is 5.91 Å². The van der Waals surface area contributed by atoms with Crippen LogP contribution in [0.5, 0.6) is 5.75 Å². The maximum Gasteiger partial charge on any atom is 0.308 e. The summed E-state index contributed by atoms with van der Waals surface area (Å²) in [5.74, 6) is -0.768. The molecule has 2 rings (SSSR count). The van der Waals surface area contributed by atoms with Crippen molar-refractivity contribution in [2.45, 2.75) is 33.6 Å². The first-order valence-electron chi connectivity index (χ1n) is 8.05. The molecule has 0 bridgehead atoms. The van der Waals surface area contributed by atoms with Gasteiger partial charge in [0.1, 0.15) is 5.75 Å². The molecule has 0 radical (unpaired) electrons. The Morgan fingerprint density at radius 1 is 1.35 bits per heavy atom. The summed E-state index contributed by atoms with van der Waals surface area (Å²) in [5, 5.41) is 12.2. The van der Waals surface area contributed by atoms with E-state index in [0.717, 1.165) is 17.7 Å². The predicted octanol–water partition coefficient (Wildman–Crippen LogP) is 2.49. The van der Waals surface area contributed by atoms with E-state index in [1.54, 1.807) is 0 Å². The van der Waals surface area contributed by atoms with E-state index in [1.165, 1.54) is 0 Å². The highest BCUT2D eigenvalue weighted by molar-refractivity contribution is 5.83. The molecule has 0 heterocycles. The Labute approximate surface area is 137 Å². The first kappa shape index (κ1) is 17.3. The molecule has 1 aromatic carbocycles. The van der Waals surface area contributed by atoms with Crippen molar-refractivity contribution in [1.29, 1.82) is 0 Å². The van der Waals surface area contributed by atoms with E-state index in [0.29, 0.717) is 13.0 Å². The highest BCUT2D eigenvalue weighted by Crippen LogP contribution is 2.51. The van der Waals surface area contributed by atoms with Crippen molar-refractivity contribution in [3.05, 3.63) is 29.8 Å². The molecule has 1 unspecified atom stereocenters. The quantitative estimate of drug-likeness (QED) is 0.772. The van der Waals surface area contributed by atoms with Crippen LogP contribution in [0.3, 0.4) is 0 Å². The van der Waals surface area contributed by atoms with Crippen LogP contribution < -0.4 is 10.1 Å². The molecule has 1 aromatic rings. The van der Waals surface area contributed by atoms with Crippen LogP contribution >= 0.6 is 0 Å². The van der Waals surface area contributed by atoms with Gasteiger partial charge in [0.25, 0.3) is 0 Å². The third-order valence-electron chi connectivity index (χ3n) is 4.42. The molecule has 1 amide bonds. The monoisotopic (exact) mass is 319 g/mol. The van der Waals surface area contributed by atoms with Gasteiger partial charge < -0.3 is 15.2 Å². The van der Waals surface area contributed by atoms with E-state index in [-0.39, 0.29) is 23.8 Å². The Morgan fingerprint density at radius 2 is 1.96 bits per heavy atom. The predicted molar refractivity (Wildman–Crippen MR) is 87.3 cm³/mol. The summed E-state index contributed by atoms with van der Waals surface area (Å²) in [6.07, 6.45) is 1.26. The number of rotatable bonds is 8. The lowest BCUT2D eigenvalue weighted by Gasteiger charge is -2.14. The van der Waals surface area contributed by atoms with Crippen LogP contribution in [-0.2, 0) is 16.0 Å². The topological polar surface area (TPSA) is 75.6 Å². The molecule has 1 aliphatic carbocycles. The fourth-order valence-corrected chi connectivity index (χ4v) is 2.68. The highest BCUT2D eigenvalue weighted by Gasteiger charge is 2.50. The molecule has 0 aliphatic heterocycles. The van der Waals surface area contributed by atoms with Gasteiger partial charge in [-0.05, 0) is 42.9 Å². The van der Waals surface area contributed by atoms with E-state index >= 15 is 0 Å². The van der Waals surface area contributed by atoms with Gasteiger partial charge in [-0.25, -0.2) is 0 Å². The number of carbonyl (C=O) groups excluding carboxylic acids is 1. The molecule has 1 saturated carbocycles. The van der Waals surface area contributed by atoms with Gasteiger partial charge in [-0.2, -0.15) is 0 Å². The number of carboxylic acids is 1. The van der Waals surface area contributed by atoms with Crippen LogP contribution in [0.25, 0.3) is 0 Å². The van der Waals surface area contributed by atoms with Gasteiger partial charge in [0, 0.05) is 12.5 Å². The third-order valence-corrected chi connectivity index (χ3v) is 4.42. The molecule has 5 nitrogen and oxygen atoms in total. The first-order valence-corrected chi connectivity index (χ1v) is 8.05. The molecule has 2 N–H and O–H groups in total. The maximum atomic E-state index is 12.0. The molecule has 0 aromatic heterocycles. The third kappa shape index (κ3) is 4.71. The van der Waals surface area contributed by atoms with Gasteiger partial charge in [0.05, 0.1) is 12.5 Å². The van der Waals surface area contributed by atoms with Gasteiger partial charge in [-0.1, -0.05) is 26.0 Å². The van der Waals surface area contributed by atoms with E-state index in [4.69, 9.17) is 4.74 Å². The second kappa shape index (κ2) is 7.02. The van der Waals surface area contributed by atoms with E-state index in [9.17, 15) is 14.7 Å². The number of hydrogen-bond acceptors (Lipinski definition) is 3. The lowest BCUT2D eigenvalue weighted by atomic mass is 9.99. The van der Waals surface area contributed by atoms with Crippen molar-refractivity contribution in [3.8, 4) is 5.75 Å². The summed E-state index contributed by atoms with van der Waals surface area (Å²) >= 11 is 0. The van der Waals surface area contributed by atoms with Crippen LogP contribution in [0, 0.1) is 17.3 Å². The first-order chi connectivity index (χ1) is 10.8. The zero-order valence-corrected chi connectivity index (χ0v) is 14.0. The molecule has 2 atom stereocenters. The standard InChI is InChI=1S/C18H25NO4/c1-4-23-14-7-5-12(6-8-14)9-13(17(21)22)11-19-16(20)15-10-18(15,2)3/h5-8,13,15H,4,9-11H2,1-3H3,(H,19,20)(H,21,22)/t13?,15-/m1/s1.